The molecule has 0 saturated carbocycles. The maximum Gasteiger partial charge on any atom is 0.133 e. The van der Waals surface area contributed by atoms with Crippen LogP contribution in [-0.2, 0) is 0 Å². The van der Waals surface area contributed by atoms with Crippen LogP contribution in [-0.4, -0.2) is 6.61 Å². The number of halogens is 1. The zero-order chi connectivity index (χ0) is 9.52. The molecule has 0 atom stereocenters. The van der Waals surface area contributed by atoms with Crippen LogP contribution in [0.15, 0.2) is 36.4 Å². The fourth-order valence-electron chi connectivity index (χ4n) is 0.800. The summed E-state index contributed by atoms with van der Waals surface area (Å²) in [5.41, 5.74) is 0. The molecule has 1 rings (SSSR count). The van der Waals surface area contributed by atoms with Gasteiger partial charge in [-0.3, -0.25) is 0 Å². The Morgan fingerprint density at radius 2 is 2.23 bits per heavy atom. The molecule has 3 heteroatoms. The Balaban J connectivity index is 2.51. The number of nitrogens with zero attached hydrogens (tertiary/aromatic N) is 1. The van der Waals surface area contributed by atoms with Crippen molar-refractivity contribution in [1.82, 2.24) is 0 Å². The van der Waals surface area contributed by atoms with Gasteiger partial charge in [-0.05, 0) is 40.8 Å². The molecule has 0 aliphatic rings. The molecular formula is C10H8INO. The number of hydrogen-bond donors (Lipinski definition) is 0. The van der Waals surface area contributed by atoms with Crippen LogP contribution in [0.25, 0.3) is 0 Å². The van der Waals surface area contributed by atoms with Crippen molar-refractivity contribution in [2.45, 2.75) is 0 Å². The zero-order valence-electron chi connectivity index (χ0n) is 6.90. The van der Waals surface area contributed by atoms with Crippen molar-refractivity contribution >= 4 is 22.6 Å². The molecule has 13 heavy (non-hydrogen) atoms. The number of hydrogen-bond acceptors (Lipinski definition) is 2. The van der Waals surface area contributed by atoms with Crippen LogP contribution in [0.5, 0.6) is 5.75 Å². The second-order valence-electron chi connectivity index (χ2n) is 2.27. The predicted molar refractivity (Wildman–Crippen MR) is 59.4 cm³/mol. The second kappa shape index (κ2) is 5.60. The van der Waals surface area contributed by atoms with Gasteiger partial charge in [-0.15, -0.1) is 0 Å². The van der Waals surface area contributed by atoms with Crippen LogP contribution in [0, 0.1) is 14.9 Å². The van der Waals surface area contributed by atoms with E-state index in [4.69, 9.17) is 10.00 Å². The Morgan fingerprint density at radius 3 is 2.92 bits per heavy atom. The van der Waals surface area contributed by atoms with Crippen molar-refractivity contribution in [2.75, 3.05) is 6.61 Å². The fourth-order valence-corrected chi connectivity index (χ4v) is 1.34. The molecular weight excluding hydrogens is 277 g/mol. The van der Waals surface area contributed by atoms with E-state index < -0.39 is 0 Å². The minimum atomic E-state index is 0.438. The summed E-state index contributed by atoms with van der Waals surface area (Å²) in [7, 11) is 0. The largest absolute Gasteiger partial charge is 0.488 e. The Labute approximate surface area is 91.0 Å². The highest BCUT2D eigenvalue weighted by Crippen LogP contribution is 2.19. The van der Waals surface area contributed by atoms with Crippen molar-refractivity contribution in [3.8, 4) is 11.8 Å². The van der Waals surface area contributed by atoms with Gasteiger partial charge in [0.1, 0.15) is 12.4 Å². The first kappa shape index (κ1) is 10.1. The molecule has 0 unspecified atom stereocenters. The first-order chi connectivity index (χ1) is 6.34. The van der Waals surface area contributed by atoms with Gasteiger partial charge in [-0.25, -0.2) is 0 Å². The van der Waals surface area contributed by atoms with E-state index in [0.29, 0.717) is 6.61 Å². The van der Waals surface area contributed by atoms with Gasteiger partial charge in [-0.2, -0.15) is 5.26 Å². The van der Waals surface area contributed by atoms with Gasteiger partial charge in [0.15, 0.2) is 0 Å². The number of allylic oxidation sites excluding steroid dienone is 1. The quantitative estimate of drug-likeness (QED) is 0.632. The molecule has 0 radical (unpaired) electrons. The zero-order valence-corrected chi connectivity index (χ0v) is 9.06. The summed E-state index contributed by atoms with van der Waals surface area (Å²) < 4.78 is 6.47. The van der Waals surface area contributed by atoms with Crippen molar-refractivity contribution < 1.29 is 4.74 Å². The normalized spacial score (nSPS) is 9.85. The number of rotatable bonds is 3. The SMILES string of the molecule is N#C/C=C/COc1ccccc1I. The van der Waals surface area contributed by atoms with E-state index in [9.17, 15) is 0 Å². The summed E-state index contributed by atoms with van der Waals surface area (Å²) >= 11 is 2.21. The topological polar surface area (TPSA) is 33.0 Å². The molecule has 0 spiro atoms. The first-order valence-electron chi connectivity index (χ1n) is 3.76. The van der Waals surface area contributed by atoms with Crippen molar-refractivity contribution in [3.63, 3.8) is 0 Å². The van der Waals surface area contributed by atoms with Crippen LogP contribution in [0.2, 0.25) is 0 Å². The minimum absolute atomic E-state index is 0.438. The predicted octanol–water partition coefficient (Wildman–Crippen LogP) is 2.75. The van der Waals surface area contributed by atoms with Gasteiger partial charge in [0.2, 0.25) is 0 Å². The van der Waals surface area contributed by atoms with E-state index >= 15 is 0 Å². The number of para-hydroxylation sites is 1. The molecule has 0 aromatic heterocycles. The lowest BCUT2D eigenvalue weighted by molar-refractivity contribution is 0.360. The number of benzene rings is 1. The highest BCUT2D eigenvalue weighted by molar-refractivity contribution is 14.1. The smallest absolute Gasteiger partial charge is 0.133 e. The first-order valence-corrected chi connectivity index (χ1v) is 4.84. The van der Waals surface area contributed by atoms with Crippen LogP contribution >= 0.6 is 22.6 Å². The van der Waals surface area contributed by atoms with E-state index in [1.165, 1.54) is 6.08 Å². The number of nitriles is 1. The fraction of sp³-hybridized carbons (Fsp3) is 0.100. The summed E-state index contributed by atoms with van der Waals surface area (Å²) in [6.45, 7) is 0.438. The van der Waals surface area contributed by atoms with Gasteiger partial charge in [0, 0.05) is 6.08 Å². The van der Waals surface area contributed by atoms with E-state index in [1.807, 2.05) is 30.3 Å². The van der Waals surface area contributed by atoms with Crippen molar-refractivity contribution in [3.05, 3.63) is 40.0 Å². The molecule has 0 bridgehead atoms. The van der Waals surface area contributed by atoms with Crippen LogP contribution in [0.1, 0.15) is 0 Å². The Kier molecular flexibility index (Phi) is 4.33. The monoisotopic (exact) mass is 285 g/mol. The minimum Gasteiger partial charge on any atom is -0.488 e. The van der Waals surface area contributed by atoms with Crippen LogP contribution in [0.4, 0.5) is 0 Å². The average molecular weight is 285 g/mol. The van der Waals surface area contributed by atoms with Crippen molar-refractivity contribution in [2.24, 2.45) is 0 Å². The Bertz CT molecular complexity index is 341. The standard InChI is InChI=1S/C10H8INO/c11-9-5-1-2-6-10(9)13-8-4-3-7-12/h1-6H,8H2/b4-3+. The molecule has 0 saturated heterocycles. The summed E-state index contributed by atoms with van der Waals surface area (Å²) in [6.07, 6.45) is 3.10. The molecule has 2 nitrogen and oxygen atoms in total. The second-order valence-corrected chi connectivity index (χ2v) is 3.44. The molecule has 0 aliphatic carbocycles. The summed E-state index contributed by atoms with van der Waals surface area (Å²) in [5, 5.41) is 8.22. The maximum absolute atomic E-state index is 8.22. The third-order valence-corrected chi connectivity index (χ3v) is 2.26. The summed E-state index contributed by atoms with van der Waals surface area (Å²) in [4.78, 5) is 0. The number of ether oxygens (including phenoxy) is 1. The van der Waals surface area contributed by atoms with Crippen molar-refractivity contribution in [1.29, 1.82) is 5.26 Å². The Hall–Kier alpha value is -1.02. The summed E-state index contributed by atoms with van der Waals surface area (Å²) in [5.74, 6) is 0.852. The lowest BCUT2D eigenvalue weighted by Gasteiger charge is -2.03. The highest BCUT2D eigenvalue weighted by atomic mass is 127. The molecule has 0 heterocycles. The Morgan fingerprint density at radius 1 is 1.46 bits per heavy atom. The van der Waals surface area contributed by atoms with E-state index in [2.05, 4.69) is 22.6 Å². The van der Waals surface area contributed by atoms with Crippen LogP contribution < -0.4 is 4.74 Å². The highest BCUT2D eigenvalue weighted by Gasteiger charge is 1.95. The average Bonchev–Trinajstić information content (AvgIpc) is 2.15. The molecule has 66 valence electrons. The third-order valence-electron chi connectivity index (χ3n) is 1.36. The molecule has 0 fully saturated rings. The van der Waals surface area contributed by atoms with Gasteiger partial charge in [0.05, 0.1) is 9.64 Å². The van der Waals surface area contributed by atoms with E-state index in [0.717, 1.165) is 9.32 Å². The van der Waals surface area contributed by atoms with E-state index in [1.54, 1.807) is 6.08 Å². The van der Waals surface area contributed by atoms with Crippen LogP contribution in [0.3, 0.4) is 0 Å². The van der Waals surface area contributed by atoms with Gasteiger partial charge < -0.3 is 4.74 Å². The third kappa shape index (κ3) is 3.47. The molecule has 0 aliphatic heterocycles. The molecule has 1 aromatic carbocycles. The summed E-state index contributed by atoms with van der Waals surface area (Å²) in [6, 6.07) is 9.67. The lowest BCUT2D eigenvalue weighted by atomic mass is 10.3. The maximum atomic E-state index is 8.22. The van der Waals surface area contributed by atoms with Gasteiger partial charge >= 0.3 is 0 Å². The lowest BCUT2D eigenvalue weighted by Crippen LogP contribution is -1.94. The van der Waals surface area contributed by atoms with Gasteiger partial charge in [-0.1, -0.05) is 12.1 Å². The van der Waals surface area contributed by atoms with Gasteiger partial charge in [0.25, 0.3) is 0 Å². The molecule has 0 N–H and O–H groups in total. The molecule has 1 aromatic rings. The molecule has 0 amide bonds. The van der Waals surface area contributed by atoms with E-state index in [-0.39, 0.29) is 0 Å².